The molecule has 0 radical (unpaired) electrons. The van der Waals surface area contributed by atoms with Crippen molar-refractivity contribution in [2.45, 2.75) is 13.5 Å². The van der Waals surface area contributed by atoms with Crippen LogP contribution in [0.25, 0.3) is 10.2 Å². The van der Waals surface area contributed by atoms with Crippen LogP contribution < -0.4 is 0 Å². The topological polar surface area (TPSA) is 47.4 Å². The Morgan fingerprint density at radius 2 is 2.08 bits per heavy atom. The Labute approximate surface area is 161 Å². The van der Waals surface area contributed by atoms with E-state index >= 15 is 0 Å². The number of halogens is 1. The van der Waals surface area contributed by atoms with Crippen molar-refractivity contribution in [2.75, 3.05) is 32.8 Å². The lowest BCUT2D eigenvalue weighted by atomic mass is 10.2. The highest BCUT2D eigenvalue weighted by atomic mass is 35.5. The Kier molecular flexibility index (Phi) is 5.09. The van der Waals surface area contributed by atoms with Crippen LogP contribution in [0.15, 0.2) is 30.3 Å². The van der Waals surface area contributed by atoms with Crippen molar-refractivity contribution in [2.24, 2.45) is 0 Å². The van der Waals surface area contributed by atoms with Gasteiger partial charge in [-0.25, -0.2) is 4.98 Å². The smallest absolute Gasteiger partial charge is 0.221 e. The summed E-state index contributed by atoms with van der Waals surface area (Å²) >= 11 is 7.44. The molecular weight excluding hydrogens is 370 g/mol. The standard InChI is InChI=1S/C19H20ClN3O2S/c1-13-11-14-12-16(18(24)15-3-2-4-17(20)21-15)26-19(14)23(13)6-5-22-7-9-25-10-8-22/h2-4,11-12H,5-10H2,1H3. The molecule has 3 aromatic heterocycles. The van der Waals surface area contributed by atoms with Gasteiger partial charge in [-0.3, -0.25) is 9.69 Å². The molecular formula is C19H20ClN3O2S. The zero-order valence-corrected chi connectivity index (χ0v) is 16.1. The first-order valence-electron chi connectivity index (χ1n) is 8.69. The normalized spacial score (nSPS) is 15.6. The molecule has 4 heterocycles. The van der Waals surface area contributed by atoms with E-state index < -0.39 is 0 Å². The van der Waals surface area contributed by atoms with E-state index in [0.29, 0.717) is 15.7 Å². The van der Waals surface area contributed by atoms with Gasteiger partial charge >= 0.3 is 0 Å². The molecule has 5 nitrogen and oxygen atoms in total. The number of carbonyl (C=O) groups excluding carboxylic acids is 1. The minimum Gasteiger partial charge on any atom is -0.379 e. The van der Waals surface area contributed by atoms with Crippen LogP contribution in [-0.4, -0.2) is 53.1 Å². The summed E-state index contributed by atoms with van der Waals surface area (Å²) in [6, 6.07) is 9.24. The Bertz CT molecular complexity index is 944. The van der Waals surface area contributed by atoms with Gasteiger partial charge in [0, 0.05) is 37.3 Å². The number of thiophene rings is 1. The Balaban J connectivity index is 1.57. The Morgan fingerprint density at radius 3 is 2.85 bits per heavy atom. The molecule has 3 aromatic rings. The van der Waals surface area contributed by atoms with Crippen molar-refractivity contribution >= 4 is 38.9 Å². The van der Waals surface area contributed by atoms with E-state index in [1.165, 1.54) is 17.0 Å². The molecule has 4 rings (SSSR count). The van der Waals surface area contributed by atoms with Crippen LogP contribution in [0.2, 0.25) is 5.15 Å². The van der Waals surface area contributed by atoms with Gasteiger partial charge in [0.2, 0.25) is 5.78 Å². The summed E-state index contributed by atoms with van der Waals surface area (Å²) in [6.07, 6.45) is 0. The molecule has 136 valence electrons. The number of hydrogen-bond acceptors (Lipinski definition) is 5. The second kappa shape index (κ2) is 7.48. The van der Waals surface area contributed by atoms with E-state index in [-0.39, 0.29) is 5.78 Å². The van der Waals surface area contributed by atoms with Crippen LogP contribution in [0, 0.1) is 6.92 Å². The quantitative estimate of drug-likeness (QED) is 0.494. The zero-order valence-electron chi connectivity index (χ0n) is 14.6. The number of rotatable bonds is 5. The number of fused-ring (bicyclic) bond motifs is 1. The van der Waals surface area contributed by atoms with Gasteiger partial charge in [-0.05, 0) is 31.2 Å². The second-order valence-electron chi connectivity index (χ2n) is 6.44. The van der Waals surface area contributed by atoms with Crippen molar-refractivity contribution in [3.63, 3.8) is 0 Å². The van der Waals surface area contributed by atoms with E-state index in [1.54, 1.807) is 18.2 Å². The van der Waals surface area contributed by atoms with E-state index in [0.717, 1.165) is 49.6 Å². The van der Waals surface area contributed by atoms with E-state index in [1.807, 2.05) is 6.07 Å². The maximum Gasteiger partial charge on any atom is 0.221 e. The number of ether oxygens (including phenoxy) is 1. The van der Waals surface area contributed by atoms with Crippen LogP contribution in [0.3, 0.4) is 0 Å². The molecule has 0 atom stereocenters. The lowest BCUT2D eigenvalue weighted by Crippen LogP contribution is -2.38. The van der Waals surface area contributed by atoms with Crippen molar-refractivity contribution in [3.05, 3.63) is 51.7 Å². The fourth-order valence-electron chi connectivity index (χ4n) is 3.29. The number of hydrogen-bond donors (Lipinski definition) is 0. The highest BCUT2D eigenvalue weighted by Gasteiger charge is 2.18. The predicted octanol–water partition coefficient (Wildman–Crippen LogP) is 3.62. The number of carbonyl (C=O) groups is 1. The van der Waals surface area contributed by atoms with E-state index in [4.69, 9.17) is 16.3 Å². The summed E-state index contributed by atoms with van der Waals surface area (Å²) < 4.78 is 7.71. The summed E-state index contributed by atoms with van der Waals surface area (Å²) in [5.74, 6) is -0.0777. The van der Waals surface area contributed by atoms with Crippen molar-refractivity contribution < 1.29 is 9.53 Å². The van der Waals surface area contributed by atoms with Gasteiger partial charge in [0.25, 0.3) is 0 Å². The third kappa shape index (κ3) is 3.55. The minimum absolute atomic E-state index is 0.0777. The summed E-state index contributed by atoms with van der Waals surface area (Å²) in [5, 5.41) is 1.45. The number of nitrogens with zero attached hydrogens (tertiary/aromatic N) is 3. The molecule has 0 spiro atoms. The van der Waals surface area contributed by atoms with Crippen molar-refractivity contribution in [3.8, 4) is 0 Å². The van der Waals surface area contributed by atoms with E-state index in [2.05, 4.69) is 27.4 Å². The maximum atomic E-state index is 12.7. The van der Waals surface area contributed by atoms with Crippen LogP contribution in [-0.2, 0) is 11.3 Å². The van der Waals surface area contributed by atoms with Gasteiger partial charge in [-0.1, -0.05) is 17.7 Å². The lowest BCUT2D eigenvalue weighted by molar-refractivity contribution is 0.0365. The fraction of sp³-hybridized carbons (Fsp3) is 0.368. The largest absolute Gasteiger partial charge is 0.379 e. The molecule has 1 aliphatic heterocycles. The fourth-order valence-corrected chi connectivity index (χ4v) is 4.63. The summed E-state index contributed by atoms with van der Waals surface area (Å²) in [4.78, 5) is 21.1. The molecule has 0 aromatic carbocycles. The lowest BCUT2D eigenvalue weighted by Gasteiger charge is -2.26. The first kappa shape index (κ1) is 17.7. The predicted molar refractivity (Wildman–Crippen MR) is 104 cm³/mol. The maximum absolute atomic E-state index is 12.7. The second-order valence-corrected chi connectivity index (χ2v) is 7.86. The van der Waals surface area contributed by atoms with Gasteiger partial charge in [0.1, 0.15) is 15.7 Å². The Morgan fingerprint density at radius 1 is 1.27 bits per heavy atom. The molecule has 0 bridgehead atoms. The molecule has 1 aliphatic rings. The van der Waals surface area contributed by atoms with Gasteiger partial charge in [0.05, 0.1) is 18.1 Å². The van der Waals surface area contributed by atoms with Crippen LogP contribution in [0.5, 0.6) is 0 Å². The third-order valence-electron chi connectivity index (χ3n) is 4.69. The SMILES string of the molecule is Cc1cc2cc(C(=O)c3cccc(Cl)n3)sc2n1CCN1CCOCC1. The monoisotopic (exact) mass is 389 g/mol. The van der Waals surface area contributed by atoms with Crippen molar-refractivity contribution in [1.29, 1.82) is 0 Å². The summed E-state index contributed by atoms with van der Waals surface area (Å²) in [7, 11) is 0. The highest BCUT2D eigenvalue weighted by molar-refractivity contribution is 7.20. The number of pyridine rings is 1. The van der Waals surface area contributed by atoms with E-state index in [9.17, 15) is 4.79 Å². The summed E-state index contributed by atoms with van der Waals surface area (Å²) in [5.41, 5.74) is 1.61. The number of aromatic nitrogens is 2. The molecule has 0 saturated carbocycles. The molecule has 0 aliphatic carbocycles. The molecule has 1 fully saturated rings. The van der Waals surface area contributed by atoms with Gasteiger partial charge < -0.3 is 9.30 Å². The van der Waals surface area contributed by atoms with Gasteiger partial charge in [-0.15, -0.1) is 11.3 Å². The third-order valence-corrected chi connectivity index (χ3v) is 6.07. The molecule has 26 heavy (non-hydrogen) atoms. The first-order valence-corrected chi connectivity index (χ1v) is 9.88. The minimum atomic E-state index is -0.0777. The highest BCUT2D eigenvalue weighted by Crippen LogP contribution is 2.30. The number of aryl methyl sites for hydroxylation is 1. The average molecular weight is 390 g/mol. The van der Waals surface area contributed by atoms with Gasteiger partial charge in [0.15, 0.2) is 0 Å². The zero-order chi connectivity index (χ0) is 18.1. The van der Waals surface area contributed by atoms with Crippen LogP contribution in [0.4, 0.5) is 0 Å². The molecule has 7 heteroatoms. The average Bonchev–Trinajstić information content (AvgIpc) is 3.17. The number of ketones is 1. The Hall–Kier alpha value is -1.73. The van der Waals surface area contributed by atoms with Crippen LogP contribution >= 0.6 is 22.9 Å². The molecule has 0 amide bonds. The molecule has 0 N–H and O–H groups in total. The summed E-state index contributed by atoms with van der Waals surface area (Å²) in [6.45, 7) is 7.61. The number of morpholine rings is 1. The van der Waals surface area contributed by atoms with Crippen molar-refractivity contribution in [1.82, 2.24) is 14.5 Å². The molecule has 0 unspecified atom stereocenters. The van der Waals surface area contributed by atoms with Crippen LogP contribution in [0.1, 0.15) is 21.1 Å². The van der Waals surface area contributed by atoms with Gasteiger partial charge in [-0.2, -0.15) is 0 Å². The first-order chi connectivity index (χ1) is 12.6. The molecule has 1 saturated heterocycles.